The zero-order valence-electron chi connectivity index (χ0n) is 8.16. The van der Waals surface area contributed by atoms with Crippen LogP contribution in [0.2, 0.25) is 0 Å². The van der Waals surface area contributed by atoms with Gasteiger partial charge >= 0.3 is 0 Å². The molecule has 1 rings (SSSR count). The molecule has 1 fully saturated rings. The van der Waals surface area contributed by atoms with E-state index in [1.54, 1.807) is 0 Å². The van der Waals surface area contributed by atoms with E-state index in [9.17, 15) is 5.11 Å². The Kier molecular flexibility index (Phi) is 3.54. The SMILES string of the molecule is CCC[C@@H]1CN(C(=N)N)CC[C@H]1O. The van der Waals surface area contributed by atoms with E-state index in [0.29, 0.717) is 5.92 Å². The van der Waals surface area contributed by atoms with Crippen LogP contribution in [0.4, 0.5) is 0 Å². The fourth-order valence-corrected chi connectivity index (χ4v) is 1.89. The lowest BCUT2D eigenvalue weighted by atomic mass is 9.91. The minimum Gasteiger partial charge on any atom is -0.393 e. The van der Waals surface area contributed by atoms with Crippen LogP contribution in [0.25, 0.3) is 0 Å². The number of hydrogen-bond acceptors (Lipinski definition) is 2. The summed E-state index contributed by atoms with van der Waals surface area (Å²) in [6.45, 7) is 3.57. The van der Waals surface area contributed by atoms with Crippen molar-refractivity contribution in [1.29, 1.82) is 5.41 Å². The van der Waals surface area contributed by atoms with Crippen LogP contribution in [0, 0.1) is 11.3 Å². The first-order valence-electron chi connectivity index (χ1n) is 4.92. The van der Waals surface area contributed by atoms with Crippen molar-refractivity contribution in [2.45, 2.75) is 32.3 Å². The summed E-state index contributed by atoms with van der Waals surface area (Å²) in [4.78, 5) is 1.84. The standard InChI is InChI=1S/C9H19N3O/c1-2-3-7-6-12(9(10)11)5-4-8(7)13/h7-8,13H,2-6H2,1H3,(H3,10,11)/t7-,8-/m1/s1. The Hall–Kier alpha value is -0.770. The van der Waals surface area contributed by atoms with Crippen molar-refractivity contribution >= 4 is 5.96 Å². The van der Waals surface area contributed by atoms with Crippen LogP contribution in [0.3, 0.4) is 0 Å². The third-order valence-corrected chi connectivity index (χ3v) is 2.69. The summed E-state index contributed by atoms with van der Waals surface area (Å²) < 4.78 is 0. The van der Waals surface area contributed by atoms with Gasteiger partial charge in [0.25, 0.3) is 0 Å². The summed E-state index contributed by atoms with van der Waals surface area (Å²) in [5.41, 5.74) is 5.40. The number of piperidine rings is 1. The highest BCUT2D eigenvalue weighted by Crippen LogP contribution is 2.20. The summed E-state index contributed by atoms with van der Waals surface area (Å²) in [5, 5.41) is 17.0. The number of likely N-dealkylation sites (tertiary alicyclic amines) is 1. The molecule has 0 aliphatic carbocycles. The van der Waals surface area contributed by atoms with Crippen molar-refractivity contribution in [3.05, 3.63) is 0 Å². The fraction of sp³-hybridized carbons (Fsp3) is 0.889. The highest BCUT2D eigenvalue weighted by Gasteiger charge is 2.27. The molecule has 0 aromatic carbocycles. The molecule has 0 spiro atoms. The van der Waals surface area contributed by atoms with Gasteiger partial charge in [0.1, 0.15) is 0 Å². The molecule has 0 aromatic rings. The fourth-order valence-electron chi connectivity index (χ4n) is 1.89. The maximum atomic E-state index is 9.66. The summed E-state index contributed by atoms with van der Waals surface area (Å²) in [6, 6.07) is 0. The first kappa shape index (κ1) is 10.3. The Balaban J connectivity index is 2.47. The van der Waals surface area contributed by atoms with Gasteiger partial charge < -0.3 is 15.7 Å². The molecule has 0 bridgehead atoms. The minimum atomic E-state index is -0.199. The number of nitrogens with one attached hydrogen (secondary N) is 1. The Morgan fingerprint density at radius 2 is 2.38 bits per heavy atom. The molecule has 0 unspecified atom stereocenters. The first-order chi connectivity index (χ1) is 6.15. The molecule has 76 valence electrons. The predicted octanol–water partition coefficient (Wildman–Crippen LogP) is 0.363. The van der Waals surface area contributed by atoms with E-state index in [-0.39, 0.29) is 12.1 Å². The number of hydrogen-bond donors (Lipinski definition) is 3. The van der Waals surface area contributed by atoms with Gasteiger partial charge in [-0.05, 0) is 12.8 Å². The molecular weight excluding hydrogens is 166 g/mol. The molecule has 1 aliphatic rings. The number of aliphatic hydroxyl groups is 1. The van der Waals surface area contributed by atoms with Crippen LogP contribution in [0.15, 0.2) is 0 Å². The summed E-state index contributed by atoms with van der Waals surface area (Å²) >= 11 is 0. The predicted molar refractivity (Wildman–Crippen MR) is 52.5 cm³/mol. The van der Waals surface area contributed by atoms with Gasteiger partial charge in [0.15, 0.2) is 5.96 Å². The average Bonchev–Trinajstić information content (AvgIpc) is 2.08. The molecule has 1 heterocycles. The maximum Gasteiger partial charge on any atom is 0.188 e. The van der Waals surface area contributed by atoms with Gasteiger partial charge in [0.2, 0.25) is 0 Å². The van der Waals surface area contributed by atoms with Gasteiger partial charge in [0, 0.05) is 19.0 Å². The number of nitrogens with two attached hydrogens (primary N) is 1. The van der Waals surface area contributed by atoms with Gasteiger partial charge in [-0.25, -0.2) is 0 Å². The van der Waals surface area contributed by atoms with E-state index in [1.165, 1.54) is 0 Å². The molecule has 0 aromatic heterocycles. The van der Waals surface area contributed by atoms with Gasteiger partial charge in [-0.15, -0.1) is 0 Å². The largest absolute Gasteiger partial charge is 0.393 e. The van der Waals surface area contributed by atoms with Crippen LogP contribution in [-0.4, -0.2) is 35.2 Å². The van der Waals surface area contributed by atoms with Crippen molar-refractivity contribution in [3.63, 3.8) is 0 Å². The Bertz CT molecular complexity index is 184. The van der Waals surface area contributed by atoms with Crippen LogP contribution >= 0.6 is 0 Å². The second kappa shape index (κ2) is 4.46. The second-order valence-corrected chi connectivity index (χ2v) is 3.74. The van der Waals surface area contributed by atoms with Crippen molar-refractivity contribution in [3.8, 4) is 0 Å². The molecule has 0 saturated carbocycles. The van der Waals surface area contributed by atoms with E-state index in [2.05, 4.69) is 6.92 Å². The lowest BCUT2D eigenvalue weighted by molar-refractivity contribution is 0.0449. The topological polar surface area (TPSA) is 73.3 Å². The van der Waals surface area contributed by atoms with Crippen LogP contribution < -0.4 is 5.73 Å². The normalized spacial score (nSPS) is 28.9. The number of rotatable bonds is 2. The Labute approximate surface area is 79.2 Å². The van der Waals surface area contributed by atoms with E-state index >= 15 is 0 Å². The lowest BCUT2D eigenvalue weighted by Gasteiger charge is -2.36. The van der Waals surface area contributed by atoms with Crippen molar-refractivity contribution in [1.82, 2.24) is 4.90 Å². The Morgan fingerprint density at radius 3 is 2.92 bits per heavy atom. The third kappa shape index (κ3) is 2.59. The molecule has 4 N–H and O–H groups in total. The number of aliphatic hydroxyl groups excluding tert-OH is 1. The minimum absolute atomic E-state index is 0.132. The summed E-state index contributed by atoms with van der Waals surface area (Å²) in [5.74, 6) is 0.427. The van der Waals surface area contributed by atoms with Crippen LogP contribution in [0.5, 0.6) is 0 Å². The van der Waals surface area contributed by atoms with E-state index in [1.807, 2.05) is 4.90 Å². The molecule has 4 nitrogen and oxygen atoms in total. The third-order valence-electron chi connectivity index (χ3n) is 2.69. The molecule has 13 heavy (non-hydrogen) atoms. The van der Waals surface area contributed by atoms with Crippen LogP contribution in [-0.2, 0) is 0 Å². The lowest BCUT2D eigenvalue weighted by Crippen LogP contribution is -2.48. The quantitative estimate of drug-likeness (QED) is 0.429. The molecule has 1 saturated heterocycles. The van der Waals surface area contributed by atoms with Gasteiger partial charge in [-0.1, -0.05) is 13.3 Å². The first-order valence-corrected chi connectivity index (χ1v) is 4.92. The molecule has 4 heteroatoms. The zero-order chi connectivity index (χ0) is 9.84. The summed E-state index contributed by atoms with van der Waals surface area (Å²) in [6.07, 6.45) is 2.64. The Morgan fingerprint density at radius 1 is 1.69 bits per heavy atom. The van der Waals surface area contributed by atoms with Gasteiger partial charge in [-0.3, -0.25) is 5.41 Å². The molecule has 2 atom stereocenters. The van der Waals surface area contributed by atoms with Crippen molar-refractivity contribution in [2.24, 2.45) is 11.7 Å². The van der Waals surface area contributed by atoms with E-state index in [0.717, 1.165) is 32.4 Å². The molecule has 0 amide bonds. The maximum absolute atomic E-state index is 9.66. The molecule has 1 aliphatic heterocycles. The zero-order valence-corrected chi connectivity index (χ0v) is 8.16. The second-order valence-electron chi connectivity index (χ2n) is 3.74. The highest BCUT2D eigenvalue weighted by atomic mass is 16.3. The van der Waals surface area contributed by atoms with Crippen molar-refractivity contribution < 1.29 is 5.11 Å². The smallest absolute Gasteiger partial charge is 0.188 e. The van der Waals surface area contributed by atoms with E-state index in [4.69, 9.17) is 11.1 Å². The monoisotopic (exact) mass is 185 g/mol. The van der Waals surface area contributed by atoms with Crippen molar-refractivity contribution in [2.75, 3.05) is 13.1 Å². The number of nitrogens with zero attached hydrogens (tertiary/aromatic N) is 1. The number of guanidine groups is 1. The average molecular weight is 185 g/mol. The van der Waals surface area contributed by atoms with Gasteiger partial charge in [0.05, 0.1) is 6.10 Å². The highest BCUT2D eigenvalue weighted by molar-refractivity contribution is 5.74. The van der Waals surface area contributed by atoms with Crippen LogP contribution in [0.1, 0.15) is 26.2 Å². The summed E-state index contributed by atoms with van der Waals surface area (Å²) in [7, 11) is 0. The molecule has 0 radical (unpaired) electrons. The van der Waals surface area contributed by atoms with E-state index < -0.39 is 0 Å². The van der Waals surface area contributed by atoms with Gasteiger partial charge in [-0.2, -0.15) is 0 Å². The molecular formula is C9H19N3O.